The van der Waals surface area contributed by atoms with Crippen molar-refractivity contribution in [2.24, 2.45) is 0 Å². The van der Waals surface area contributed by atoms with Gasteiger partial charge in [0.25, 0.3) is 11.6 Å². The van der Waals surface area contributed by atoms with Gasteiger partial charge in [-0.05, 0) is 30.7 Å². The summed E-state index contributed by atoms with van der Waals surface area (Å²) >= 11 is 1.29. The Morgan fingerprint density at radius 1 is 1.24 bits per heavy atom. The molecule has 0 bridgehead atoms. The number of amides is 2. The summed E-state index contributed by atoms with van der Waals surface area (Å²) in [6, 6.07) is 13.2. The molecule has 0 spiro atoms. The number of carbonyl (C=O) groups excluding carboxylic acids is 2. The van der Waals surface area contributed by atoms with Gasteiger partial charge in [0, 0.05) is 23.6 Å². The van der Waals surface area contributed by atoms with Crippen LogP contribution in [0.2, 0.25) is 0 Å². The third kappa shape index (κ3) is 5.05. The lowest BCUT2D eigenvalue weighted by Gasteiger charge is -2.34. The van der Waals surface area contributed by atoms with Gasteiger partial charge in [0.2, 0.25) is 5.91 Å². The fourth-order valence-electron chi connectivity index (χ4n) is 2.86. The number of nitro benzene ring substituents is 1. The monoisotopic (exact) mass is 415 g/mol. The van der Waals surface area contributed by atoms with Gasteiger partial charge >= 0.3 is 0 Å². The van der Waals surface area contributed by atoms with Crippen LogP contribution in [-0.2, 0) is 9.59 Å². The molecular formula is C20H21N3O5S. The number of thioether (sulfide) groups is 1. The van der Waals surface area contributed by atoms with E-state index in [1.807, 2.05) is 13.0 Å². The van der Waals surface area contributed by atoms with Crippen LogP contribution in [0.4, 0.5) is 11.4 Å². The van der Waals surface area contributed by atoms with E-state index in [4.69, 9.17) is 4.74 Å². The van der Waals surface area contributed by atoms with Crippen LogP contribution in [-0.4, -0.2) is 41.7 Å². The standard InChI is InChI=1S/C20H21N3O5S/c1-2-11-21-20(25)18-12-22(16-5-3-4-6-17(16)28-18)19(24)13-29-15-9-7-14(8-10-15)23(26)27/h3-10,18H,2,11-13H2,1H3,(H,21,25)/t18-/m1/s1. The van der Waals surface area contributed by atoms with Crippen LogP contribution >= 0.6 is 11.8 Å². The molecule has 29 heavy (non-hydrogen) atoms. The number of anilines is 1. The average molecular weight is 415 g/mol. The van der Waals surface area contributed by atoms with Crippen molar-refractivity contribution in [2.45, 2.75) is 24.3 Å². The van der Waals surface area contributed by atoms with Crippen molar-refractivity contribution in [3.05, 3.63) is 58.6 Å². The summed E-state index contributed by atoms with van der Waals surface area (Å²) < 4.78 is 5.79. The zero-order valence-corrected chi connectivity index (χ0v) is 16.7. The van der Waals surface area contributed by atoms with Crippen LogP contribution < -0.4 is 15.0 Å². The van der Waals surface area contributed by atoms with E-state index in [-0.39, 0.29) is 29.8 Å². The summed E-state index contributed by atoms with van der Waals surface area (Å²) in [5, 5.41) is 13.5. The predicted octanol–water partition coefficient (Wildman–Crippen LogP) is 3.01. The number of rotatable bonds is 7. The second kappa shape index (κ2) is 9.42. The summed E-state index contributed by atoms with van der Waals surface area (Å²) in [6.07, 6.45) is 0.0357. The molecule has 0 unspecified atom stereocenters. The molecule has 0 radical (unpaired) electrons. The Bertz CT molecular complexity index is 903. The second-order valence-electron chi connectivity index (χ2n) is 6.41. The van der Waals surface area contributed by atoms with E-state index in [9.17, 15) is 19.7 Å². The third-order valence-corrected chi connectivity index (χ3v) is 5.32. The zero-order chi connectivity index (χ0) is 20.8. The Labute approximate surface area is 172 Å². The number of fused-ring (bicyclic) bond motifs is 1. The molecule has 9 heteroatoms. The van der Waals surface area contributed by atoms with E-state index in [2.05, 4.69) is 5.32 Å². The summed E-state index contributed by atoms with van der Waals surface area (Å²) in [5.41, 5.74) is 0.630. The van der Waals surface area contributed by atoms with Crippen molar-refractivity contribution in [3.8, 4) is 5.75 Å². The van der Waals surface area contributed by atoms with Gasteiger partial charge in [-0.25, -0.2) is 0 Å². The normalized spacial score (nSPS) is 15.2. The quantitative estimate of drug-likeness (QED) is 0.424. The average Bonchev–Trinajstić information content (AvgIpc) is 2.75. The molecule has 152 valence electrons. The van der Waals surface area contributed by atoms with Crippen molar-refractivity contribution >= 4 is 35.0 Å². The number of hydrogen-bond acceptors (Lipinski definition) is 6. The van der Waals surface area contributed by atoms with Crippen LogP contribution in [0.25, 0.3) is 0 Å². The summed E-state index contributed by atoms with van der Waals surface area (Å²) in [5.74, 6) is 0.207. The second-order valence-corrected chi connectivity index (χ2v) is 7.46. The first-order valence-corrected chi connectivity index (χ1v) is 10.2. The number of nitrogens with one attached hydrogen (secondary N) is 1. The molecule has 2 aromatic rings. The Hall–Kier alpha value is -3.07. The Kier molecular flexibility index (Phi) is 6.71. The third-order valence-electron chi connectivity index (χ3n) is 4.33. The first-order valence-electron chi connectivity index (χ1n) is 9.20. The lowest BCUT2D eigenvalue weighted by molar-refractivity contribution is -0.384. The van der Waals surface area contributed by atoms with Crippen molar-refractivity contribution in [3.63, 3.8) is 0 Å². The molecule has 0 saturated heterocycles. The number of nitro groups is 1. The highest BCUT2D eigenvalue weighted by Gasteiger charge is 2.33. The molecule has 2 amide bonds. The largest absolute Gasteiger partial charge is 0.477 e. The van der Waals surface area contributed by atoms with Gasteiger partial charge in [-0.15, -0.1) is 11.8 Å². The zero-order valence-electron chi connectivity index (χ0n) is 15.9. The molecule has 1 aliphatic heterocycles. The molecule has 1 atom stereocenters. The highest BCUT2D eigenvalue weighted by Crippen LogP contribution is 2.34. The fraction of sp³-hybridized carbons (Fsp3) is 0.300. The Morgan fingerprint density at radius 2 is 1.97 bits per heavy atom. The highest BCUT2D eigenvalue weighted by molar-refractivity contribution is 8.00. The lowest BCUT2D eigenvalue weighted by atomic mass is 10.1. The molecule has 1 heterocycles. The van der Waals surface area contributed by atoms with E-state index < -0.39 is 11.0 Å². The highest BCUT2D eigenvalue weighted by atomic mass is 32.2. The van der Waals surface area contributed by atoms with E-state index in [1.165, 1.54) is 23.9 Å². The number of para-hydroxylation sites is 2. The van der Waals surface area contributed by atoms with Crippen LogP contribution in [0.15, 0.2) is 53.4 Å². The summed E-state index contributed by atoms with van der Waals surface area (Å²) in [7, 11) is 0. The Morgan fingerprint density at radius 3 is 2.66 bits per heavy atom. The smallest absolute Gasteiger partial charge is 0.269 e. The van der Waals surface area contributed by atoms with Crippen molar-refractivity contribution in [1.82, 2.24) is 5.32 Å². The molecule has 3 rings (SSSR count). The van der Waals surface area contributed by atoms with Crippen LogP contribution in [0.3, 0.4) is 0 Å². The first-order chi connectivity index (χ1) is 14.0. The molecular weight excluding hydrogens is 394 g/mol. The number of nitrogens with zero attached hydrogens (tertiary/aromatic N) is 2. The van der Waals surface area contributed by atoms with E-state index in [0.29, 0.717) is 18.0 Å². The molecule has 0 saturated carbocycles. The Balaban J connectivity index is 1.70. The number of benzene rings is 2. The number of non-ortho nitro benzene ring substituents is 1. The fourth-order valence-corrected chi connectivity index (χ4v) is 3.63. The maximum atomic E-state index is 12.9. The number of hydrogen-bond donors (Lipinski definition) is 1. The maximum absolute atomic E-state index is 12.9. The molecule has 0 aliphatic carbocycles. The number of ether oxygens (including phenoxy) is 1. The van der Waals surface area contributed by atoms with E-state index in [1.54, 1.807) is 35.2 Å². The van der Waals surface area contributed by atoms with Crippen molar-refractivity contribution < 1.29 is 19.2 Å². The molecule has 2 aromatic carbocycles. The summed E-state index contributed by atoms with van der Waals surface area (Å²) in [4.78, 5) is 37.9. The van der Waals surface area contributed by atoms with E-state index in [0.717, 1.165) is 11.3 Å². The van der Waals surface area contributed by atoms with Gasteiger partial charge in [-0.2, -0.15) is 0 Å². The molecule has 8 nitrogen and oxygen atoms in total. The van der Waals surface area contributed by atoms with Crippen LogP contribution in [0, 0.1) is 10.1 Å². The minimum atomic E-state index is -0.773. The predicted molar refractivity (Wildman–Crippen MR) is 110 cm³/mol. The van der Waals surface area contributed by atoms with E-state index >= 15 is 0 Å². The van der Waals surface area contributed by atoms with Gasteiger partial charge < -0.3 is 15.0 Å². The van der Waals surface area contributed by atoms with Crippen LogP contribution in [0.5, 0.6) is 5.75 Å². The number of carbonyl (C=O) groups is 2. The minimum Gasteiger partial charge on any atom is -0.477 e. The SMILES string of the molecule is CCCNC(=O)[C@H]1CN(C(=O)CSc2ccc([N+](=O)[O-])cc2)c2ccccc2O1. The van der Waals surface area contributed by atoms with Gasteiger partial charge in [0.15, 0.2) is 6.10 Å². The first kappa shape index (κ1) is 20.7. The van der Waals surface area contributed by atoms with Gasteiger partial charge in [-0.3, -0.25) is 19.7 Å². The van der Waals surface area contributed by atoms with Gasteiger partial charge in [-0.1, -0.05) is 19.1 Å². The van der Waals surface area contributed by atoms with Crippen molar-refractivity contribution in [2.75, 3.05) is 23.7 Å². The summed E-state index contributed by atoms with van der Waals surface area (Å²) in [6.45, 7) is 2.64. The maximum Gasteiger partial charge on any atom is 0.269 e. The van der Waals surface area contributed by atoms with Crippen molar-refractivity contribution in [1.29, 1.82) is 0 Å². The van der Waals surface area contributed by atoms with Gasteiger partial charge in [0.05, 0.1) is 22.9 Å². The molecule has 0 aromatic heterocycles. The minimum absolute atomic E-state index is 0.00344. The molecule has 1 aliphatic rings. The molecule has 1 N–H and O–H groups in total. The van der Waals surface area contributed by atoms with Crippen LogP contribution in [0.1, 0.15) is 13.3 Å². The van der Waals surface area contributed by atoms with Gasteiger partial charge in [0.1, 0.15) is 5.75 Å². The molecule has 0 fully saturated rings. The lowest BCUT2D eigenvalue weighted by Crippen LogP contribution is -2.51. The topological polar surface area (TPSA) is 102 Å².